The normalized spacial score (nSPS) is 28.8. The molecule has 0 spiro atoms. The summed E-state index contributed by atoms with van der Waals surface area (Å²) in [5.74, 6) is -1.03. The maximum atomic E-state index is 12.5. The van der Waals surface area contributed by atoms with Gasteiger partial charge in [-0.3, -0.25) is 4.79 Å². The fraction of sp³-hybridized carbons (Fsp3) is 0.467. The van der Waals surface area contributed by atoms with E-state index in [9.17, 15) is 14.7 Å². The van der Waals surface area contributed by atoms with Crippen molar-refractivity contribution in [2.75, 3.05) is 6.54 Å². The Bertz CT molecular complexity index is 534. The molecule has 0 radical (unpaired) electrons. The van der Waals surface area contributed by atoms with Crippen LogP contribution >= 0.6 is 0 Å². The van der Waals surface area contributed by atoms with Gasteiger partial charge in [-0.05, 0) is 24.8 Å². The second-order valence-electron chi connectivity index (χ2n) is 5.57. The lowest BCUT2D eigenvalue weighted by molar-refractivity contribution is -0.148. The zero-order valence-corrected chi connectivity index (χ0v) is 11.7. The average molecular weight is 289 g/mol. The summed E-state index contributed by atoms with van der Waals surface area (Å²) in [6.07, 6.45) is 1.93. The van der Waals surface area contributed by atoms with Crippen LogP contribution < -0.4 is 10.9 Å². The maximum Gasteiger partial charge on any atom is 0.326 e. The minimum absolute atomic E-state index is 0.0750. The first-order valence-corrected chi connectivity index (χ1v) is 7.26. The molecule has 6 heteroatoms. The first-order chi connectivity index (χ1) is 10.2. The Morgan fingerprint density at radius 1 is 1.19 bits per heavy atom. The molecule has 1 amide bonds. The summed E-state index contributed by atoms with van der Waals surface area (Å²) in [7, 11) is 0. The number of likely N-dealkylation sites (tertiary alicyclic amines) is 1. The van der Waals surface area contributed by atoms with Crippen molar-refractivity contribution in [3.05, 3.63) is 35.9 Å². The Kier molecular flexibility index (Phi) is 3.90. The van der Waals surface area contributed by atoms with E-state index in [4.69, 9.17) is 0 Å². The summed E-state index contributed by atoms with van der Waals surface area (Å²) in [6.45, 7) is 0.532. The van der Waals surface area contributed by atoms with E-state index >= 15 is 0 Å². The molecule has 0 bridgehead atoms. The van der Waals surface area contributed by atoms with Crippen molar-refractivity contribution in [1.29, 1.82) is 0 Å². The maximum absolute atomic E-state index is 12.5. The summed E-state index contributed by atoms with van der Waals surface area (Å²) in [4.78, 5) is 25.2. The molecule has 1 aromatic rings. The Morgan fingerprint density at radius 3 is 2.67 bits per heavy atom. The zero-order chi connectivity index (χ0) is 14.8. The quantitative estimate of drug-likeness (QED) is 0.762. The Hall–Kier alpha value is -1.92. The molecule has 112 valence electrons. The van der Waals surface area contributed by atoms with E-state index < -0.39 is 12.0 Å². The Morgan fingerprint density at radius 2 is 1.95 bits per heavy atom. The van der Waals surface area contributed by atoms with Crippen molar-refractivity contribution in [3.8, 4) is 0 Å². The molecule has 0 aliphatic carbocycles. The molecule has 6 nitrogen and oxygen atoms in total. The number of hydrazine groups is 1. The number of nitrogens with zero attached hydrogens (tertiary/aromatic N) is 1. The number of nitrogens with one attached hydrogen (secondary N) is 2. The molecule has 2 aliphatic rings. The van der Waals surface area contributed by atoms with E-state index in [1.54, 1.807) is 0 Å². The Labute approximate surface area is 123 Å². The highest BCUT2D eigenvalue weighted by molar-refractivity contribution is 5.87. The van der Waals surface area contributed by atoms with Gasteiger partial charge in [0.05, 0.1) is 0 Å². The van der Waals surface area contributed by atoms with Crippen LogP contribution in [0.2, 0.25) is 0 Å². The topological polar surface area (TPSA) is 81.7 Å². The third kappa shape index (κ3) is 2.77. The van der Waals surface area contributed by atoms with Crippen LogP contribution in [-0.4, -0.2) is 40.5 Å². The average Bonchev–Trinajstić information content (AvgIpc) is 3.17. The fourth-order valence-electron chi connectivity index (χ4n) is 3.11. The van der Waals surface area contributed by atoms with Gasteiger partial charge in [0.25, 0.3) is 0 Å². The second-order valence-corrected chi connectivity index (χ2v) is 5.57. The van der Waals surface area contributed by atoms with E-state index in [1.165, 1.54) is 4.90 Å². The van der Waals surface area contributed by atoms with Gasteiger partial charge in [-0.1, -0.05) is 30.3 Å². The van der Waals surface area contributed by atoms with Crippen molar-refractivity contribution in [1.82, 2.24) is 15.8 Å². The van der Waals surface area contributed by atoms with Gasteiger partial charge in [-0.15, -0.1) is 0 Å². The lowest BCUT2D eigenvalue weighted by atomic mass is 10.0. The van der Waals surface area contributed by atoms with Crippen LogP contribution in [0.3, 0.4) is 0 Å². The lowest BCUT2D eigenvalue weighted by Crippen LogP contribution is -2.49. The summed E-state index contributed by atoms with van der Waals surface area (Å²) in [6, 6.07) is 8.96. The molecule has 3 atom stereocenters. The van der Waals surface area contributed by atoms with E-state index in [1.807, 2.05) is 30.3 Å². The van der Waals surface area contributed by atoms with E-state index in [0.717, 1.165) is 12.0 Å². The monoisotopic (exact) mass is 289 g/mol. The second kappa shape index (κ2) is 5.83. The zero-order valence-electron chi connectivity index (χ0n) is 11.7. The number of hydrogen-bond acceptors (Lipinski definition) is 4. The number of hydrogen-bond donors (Lipinski definition) is 3. The lowest BCUT2D eigenvalue weighted by Gasteiger charge is -2.24. The van der Waals surface area contributed by atoms with Crippen LogP contribution in [0.25, 0.3) is 0 Å². The molecule has 2 unspecified atom stereocenters. The highest BCUT2D eigenvalue weighted by atomic mass is 16.4. The summed E-state index contributed by atoms with van der Waals surface area (Å²) in [5, 5.41) is 9.18. The predicted molar refractivity (Wildman–Crippen MR) is 76.2 cm³/mol. The fourth-order valence-corrected chi connectivity index (χ4v) is 3.11. The minimum atomic E-state index is -0.911. The van der Waals surface area contributed by atoms with Crippen molar-refractivity contribution >= 4 is 11.9 Å². The Balaban J connectivity index is 1.66. The first-order valence-electron chi connectivity index (χ1n) is 7.26. The molecule has 3 N–H and O–H groups in total. The number of carbonyl (C=O) groups is 2. The van der Waals surface area contributed by atoms with Crippen LogP contribution in [0.4, 0.5) is 0 Å². The summed E-state index contributed by atoms with van der Waals surface area (Å²) >= 11 is 0. The van der Waals surface area contributed by atoms with Crippen molar-refractivity contribution in [2.45, 2.75) is 37.4 Å². The van der Waals surface area contributed by atoms with E-state index in [-0.39, 0.29) is 18.0 Å². The van der Waals surface area contributed by atoms with Crippen LogP contribution in [0.5, 0.6) is 0 Å². The van der Waals surface area contributed by atoms with Crippen LogP contribution in [0, 0.1) is 0 Å². The largest absolute Gasteiger partial charge is 0.480 e. The number of carboxylic acid groups (broad SMARTS) is 1. The molecule has 3 rings (SSSR count). The van der Waals surface area contributed by atoms with Gasteiger partial charge in [0, 0.05) is 12.6 Å². The molecule has 1 aromatic carbocycles. The first kappa shape index (κ1) is 14.0. The molecule has 0 saturated carbocycles. The van der Waals surface area contributed by atoms with Crippen LogP contribution in [0.15, 0.2) is 30.3 Å². The third-order valence-electron chi connectivity index (χ3n) is 4.22. The number of carboxylic acids is 1. The van der Waals surface area contributed by atoms with Gasteiger partial charge in [-0.2, -0.15) is 0 Å². The van der Waals surface area contributed by atoms with Gasteiger partial charge in [0.15, 0.2) is 0 Å². The highest BCUT2D eigenvalue weighted by Crippen LogP contribution is 2.25. The molecule has 0 aromatic heterocycles. The van der Waals surface area contributed by atoms with Gasteiger partial charge < -0.3 is 10.0 Å². The van der Waals surface area contributed by atoms with Crippen LogP contribution in [-0.2, 0) is 9.59 Å². The van der Waals surface area contributed by atoms with Gasteiger partial charge in [0.2, 0.25) is 5.91 Å². The number of benzene rings is 1. The van der Waals surface area contributed by atoms with Crippen molar-refractivity contribution < 1.29 is 14.7 Å². The number of aliphatic carboxylic acids is 1. The smallest absolute Gasteiger partial charge is 0.326 e. The number of carbonyl (C=O) groups excluding carboxylic acids is 1. The van der Waals surface area contributed by atoms with E-state index in [0.29, 0.717) is 19.4 Å². The van der Waals surface area contributed by atoms with Gasteiger partial charge in [-0.25, -0.2) is 15.6 Å². The molecule has 21 heavy (non-hydrogen) atoms. The number of rotatable bonds is 3. The minimum Gasteiger partial charge on any atom is -0.480 e. The molecule has 2 fully saturated rings. The van der Waals surface area contributed by atoms with Crippen molar-refractivity contribution in [2.24, 2.45) is 0 Å². The molecular formula is C15H19N3O3. The molecule has 2 saturated heterocycles. The van der Waals surface area contributed by atoms with Gasteiger partial charge >= 0.3 is 5.97 Å². The van der Waals surface area contributed by atoms with Crippen LogP contribution in [0.1, 0.15) is 30.9 Å². The van der Waals surface area contributed by atoms with E-state index in [2.05, 4.69) is 10.9 Å². The standard InChI is InChI=1S/C15H19N3O3/c19-14(18-8-4-7-13(18)15(20)21)12-9-11(16-17-12)10-5-2-1-3-6-10/h1-3,5-6,11-13,16-17H,4,7-9H2,(H,20,21)/t11?,12?,13-/m0/s1. The van der Waals surface area contributed by atoms with Gasteiger partial charge in [0.1, 0.15) is 12.1 Å². The van der Waals surface area contributed by atoms with Crippen molar-refractivity contribution in [3.63, 3.8) is 0 Å². The highest BCUT2D eigenvalue weighted by Gasteiger charge is 2.39. The predicted octanol–water partition coefficient (Wildman–Crippen LogP) is 0.670. The molecule has 2 aliphatic heterocycles. The SMILES string of the molecule is O=C(O)[C@@H]1CCCN1C(=O)C1CC(c2ccccc2)NN1. The molecular weight excluding hydrogens is 270 g/mol. The summed E-state index contributed by atoms with van der Waals surface area (Å²) in [5.41, 5.74) is 7.26. The third-order valence-corrected chi connectivity index (χ3v) is 4.22. The summed E-state index contributed by atoms with van der Waals surface area (Å²) < 4.78 is 0. The molecule has 2 heterocycles. The number of amides is 1.